The largest absolute Gasteiger partial charge is 0.339 e. The number of nitrogens with one attached hydrogen (secondary N) is 1. The minimum atomic E-state index is -3.95. The molecular weight excluding hydrogens is 475 g/mol. The second-order valence-corrected chi connectivity index (χ2v) is 10.2. The lowest BCUT2D eigenvalue weighted by atomic mass is 9.99. The summed E-state index contributed by atoms with van der Waals surface area (Å²) in [5.74, 6) is -0.120. The second kappa shape index (κ2) is 9.19. The Balaban J connectivity index is 1.55. The van der Waals surface area contributed by atoms with Gasteiger partial charge in [0.15, 0.2) is 0 Å². The minimum Gasteiger partial charge on any atom is -0.339 e. The molecule has 0 radical (unpaired) electrons. The number of sulfonamides is 1. The molecule has 2 aromatic carbocycles. The number of hydrogen-bond acceptors (Lipinski definition) is 6. The maximum atomic E-state index is 13.4. The van der Waals surface area contributed by atoms with Crippen LogP contribution in [0, 0.1) is 12.8 Å². The quantitative estimate of drug-likeness (QED) is 0.563. The number of hydrogen-bond donors (Lipinski definition) is 1. The fraction of sp³-hybridized carbons (Fsp3) is 0.286. The highest BCUT2D eigenvalue weighted by Crippen LogP contribution is 2.32. The van der Waals surface area contributed by atoms with Gasteiger partial charge in [-0.3, -0.25) is 4.79 Å². The number of carbonyl (C=O) groups is 1. The summed E-state index contributed by atoms with van der Waals surface area (Å²) in [6, 6.07) is 11.4. The van der Waals surface area contributed by atoms with Crippen LogP contribution in [0.2, 0.25) is 10.0 Å². The number of benzene rings is 2. The summed E-state index contributed by atoms with van der Waals surface area (Å²) in [4.78, 5) is 16.8. The lowest BCUT2D eigenvalue weighted by molar-refractivity contribution is -0.120. The molecule has 1 aliphatic heterocycles. The van der Waals surface area contributed by atoms with Gasteiger partial charge in [-0.15, -0.1) is 0 Å². The smallest absolute Gasteiger partial charge is 0.244 e. The van der Waals surface area contributed by atoms with E-state index in [2.05, 4.69) is 15.5 Å². The number of anilines is 1. The minimum absolute atomic E-state index is 0.0522. The SMILES string of the molecule is Cc1nc(-c2ccc(Cl)c(S(=O)(=O)N3CCC[C@@H](C(=O)Nc4cccc(Cl)c4)C3)c2)no1. The van der Waals surface area contributed by atoms with E-state index in [1.165, 1.54) is 16.4 Å². The molecule has 0 saturated carbocycles. The van der Waals surface area contributed by atoms with Crippen molar-refractivity contribution in [3.05, 3.63) is 58.4 Å². The summed E-state index contributed by atoms with van der Waals surface area (Å²) in [5.41, 5.74) is 1.03. The predicted octanol–water partition coefficient (Wildman–Crippen LogP) is 4.39. The molecule has 8 nitrogen and oxygen atoms in total. The summed E-state index contributed by atoms with van der Waals surface area (Å²) in [6.07, 6.45) is 1.13. The summed E-state index contributed by atoms with van der Waals surface area (Å²) in [6.45, 7) is 1.99. The summed E-state index contributed by atoms with van der Waals surface area (Å²) in [7, 11) is -3.95. The zero-order chi connectivity index (χ0) is 22.9. The van der Waals surface area contributed by atoms with E-state index in [1.54, 1.807) is 37.3 Å². The van der Waals surface area contributed by atoms with Crippen LogP contribution in [0.4, 0.5) is 5.69 Å². The molecule has 1 N–H and O–H groups in total. The fourth-order valence-corrected chi connectivity index (χ4v) is 5.80. The van der Waals surface area contributed by atoms with Gasteiger partial charge in [0, 0.05) is 36.3 Å². The Morgan fingerprint density at radius 1 is 1.22 bits per heavy atom. The summed E-state index contributed by atoms with van der Waals surface area (Å²) >= 11 is 12.2. The van der Waals surface area contributed by atoms with Crippen molar-refractivity contribution in [1.29, 1.82) is 0 Å². The molecule has 1 amide bonds. The topological polar surface area (TPSA) is 105 Å². The number of rotatable bonds is 5. The molecule has 11 heteroatoms. The van der Waals surface area contributed by atoms with Crippen molar-refractivity contribution in [3.63, 3.8) is 0 Å². The molecule has 168 valence electrons. The van der Waals surface area contributed by atoms with E-state index in [-0.39, 0.29) is 28.2 Å². The maximum Gasteiger partial charge on any atom is 0.244 e. The van der Waals surface area contributed by atoms with E-state index in [0.717, 1.165) is 0 Å². The first-order valence-corrected chi connectivity index (χ1v) is 12.1. The average Bonchev–Trinajstić information content (AvgIpc) is 3.20. The first-order valence-electron chi connectivity index (χ1n) is 9.91. The first-order chi connectivity index (χ1) is 15.2. The lowest BCUT2D eigenvalue weighted by Crippen LogP contribution is -2.43. The van der Waals surface area contributed by atoms with Gasteiger partial charge in [0.2, 0.25) is 27.6 Å². The van der Waals surface area contributed by atoms with Gasteiger partial charge in [-0.1, -0.05) is 34.4 Å². The van der Waals surface area contributed by atoms with Crippen LogP contribution in [-0.2, 0) is 14.8 Å². The molecule has 4 rings (SSSR count). The van der Waals surface area contributed by atoms with Gasteiger partial charge in [-0.2, -0.15) is 9.29 Å². The highest BCUT2D eigenvalue weighted by atomic mass is 35.5. The van der Waals surface area contributed by atoms with Gasteiger partial charge in [0.05, 0.1) is 10.9 Å². The number of carbonyl (C=O) groups excluding carboxylic acids is 1. The summed E-state index contributed by atoms with van der Waals surface area (Å²) in [5, 5.41) is 7.23. The molecule has 32 heavy (non-hydrogen) atoms. The molecule has 0 spiro atoms. The Labute approximate surface area is 195 Å². The Morgan fingerprint density at radius 3 is 2.75 bits per heavy atom. The molecule has 0 aliphatic carbocycles. The van der Waals surface area contributed by atoms with Gasteiger partial charge in [-0.25, -0.2) is 8.42 Å². The number of halogens is 2. The molecule has 1 aliphatic rings. The van der Waals surface area contributed by atoms with Crippen LogP contribution in [0.5, 0.6) is 0 Å². The van der Waals surface area contributed by atoms with Crippen LogP contribution in [0.15, 0.2) is 51.9 Å². The number of piperidine rings is 1. The molecule has 0 bridgehead atoms. The first kappa shape index (κ1) is 22.7. The number of aryl methyl sites for hydroxylation is 1. The van der Waals surface area contributed by atoms with Crippen molar-refractivity contribution in [1.82, 2.24) is 14.4 Å². The van der Waals surface area contributed by atoms with E-state index in [9.17, 15) is 13.2 Å². The Bertz CT molecular complexity index is 1260. The zero-order valence-electron chi connectivity index (χ0n) is 17.1. The monoisotopic (exact) mass is 494 g/mol. The molecule has 2 heterocycles. The molecule has 1 atom stereocenters. The van der Waals surface area contributed by atoms with Crippen molar-refractivity contribution in [3.8, 4) is 11.4 Å². The molecule has 3 aromatic rings. The van der Waals surface area contributed by atoms with Crippen molar-refractivity contribution >= 4 is 44.8 Å². The van der Waals surface area contributed by atoms with Gasteiger partial charge in [0.1, 0.15) is 4.90 Å². The van der Waals surface area contributed by atoms with Crippen LogP contribution < -0.4 is 5.32 Å². The van der Waals surface area contributed by atoms with Crippen LogP contribution in [0.1, 0.15) is 18.7 Å². The Hall–Kier alpha value is -2.46. The number of nitrogens with zero attached hydrogens (tertiary/aromatic N) is 3. The van der Waals surface area contributed by atoms with E-state index in [1.807, 2.05) is 0 Å². The molecule has 1 aromatic heterocycles. The highest BCUT2D eigenvalue weighted by molar-refractivity contribution is 7.89. The van der Waals surface area contributed by atoms with Gasteiger partial charge < -0.3 is 9.84 Å². The van der Waals surface area contributed by atoms with Crippen molar-refractivity contribution < 1.29 is 17.7 Å². The van der Waals surface area contributed by atoms with Gasteiger partial charge in [-0.05, 0) is 49.2 Å². The Morgan fingerprint density at radius 2 is 2.03 bits per heavy atom. The molecular formula is C21H20Cl2N4O4S. The molecule has 0 unspecified atom stereocenters. The lowest BCUT2D eigenvalue weighted by Gasteiger charge is -2.31. The maximum absolute atomic E-state index is 13.4. The third-order valence-electron chi connectivity index (χ3n) is 5.18. The van der Waals surface area contributed by atoms with E-state index < -0.39 is 15.9 Å². The van der Waals surface area contributed by atoms with Gasteiger partial charge >= 0.3 is 0 Å². The predicted molar refractivity (Wildman–Crippen MR) is 121 cm³/mol. The van der Waals surface area contributed by atoms with Crippen LogP contribution in [0.25, 0.3) is 11.4 Å². The molecule has 1 saturated heterocycles. The van der Waals surface area contributed by atoms with Crippen molar-refractivity contribution in [2.45, 2.75) is 24.7 Å². The normalized spacial score (nSPS) is 17.3. The molecule has 1 fully saturated rings. The van der Waals surface area contributed by atoms with E-state index in [4.69, 9.17) is 27.7 Å². The number of aromatic nitrogens is 2. The van der Waals surface area contributed by atoms with Crippen LogP contribution >= 0.6 is 23.2 Å². The highest BCUT2D eigenvalue weighted by Gasteiger charge is 2.34. The second-order valence-electron chi connectivity index (χ2n) is 7.48. The van der Waals surface area contributed by atoms with Crippen LogP contribution in [-0.4, -0.2) is 41.9 Å². The van der Waals surface area contributed by atoms with Gasteiger partial charge in [0.25, 0.3) is 0 Å². The zero-order valence-corrected chi connectivity index (χ0v) is 19.4. The summed E-state index contributed by atoms with van der Waals surface area (Å²) < 4.78 is 33.1. The standard InChI is InChI=1S/C21H20Cl2N4O4S/c1-13-24-20(26-31-13)14-7-8-18(23)19(10-14)32(29,30)27-9-3-4-15(12-27)21(28)25-17-6-2-5-16(22)11-17/h2,5-8,10-11,15H,3-4,9,12H2,1H3,(H,25,28)/t15-/m1/s1. The Kier molecular flexibility index (Phi) is 6.52. The van der Waals surface area contributed by atoms with E-state index in [0.29, 0.717) is 41.6 Å². The van der Waals surface area contributed by atoms with E-state index >= 15 is 0 Å². The third-order valence-corrected chi connectivity index (χ3v) is 7.76. The number of amides is 1. The van der Waals surface area contributed by atoms with Crippen LogP contribution in [0.3, 0.4) is 0 Å². The van der Waals surface area contributed by atoms with Crippen molar-refractivity contribution in [2.24, 2.45) is 5.92 Å². The van der Waals surface area contributed by atoms with Crippen molar-refractivity contribution in [2.75, 3.05) is 18.4 Å². The third kappa shape index (κ3) is 4.80. The fourth-order valence-electron chi connectivity index (χ4n) is 3.58. The average molecular weight is 495 g/mol.